The van der Waals surface area contributed by atoms with Gasteiger partial charge in [-0.2, -0.15) is 0 Å². The molecule has 29 heavy (non-hydrogen) atoms. The normalized spacial score (nSPS) is 10.2. The molecule has 0 aliphatic rings. The standard InChI is InChI=1S/C24H24N2O3/c1-2-16-29-22-14-10-20(11-15-22)24(28)26-21-12-8-19(9-13-21)23(27)25-17-18-6-4-3-5-7-18/h3-15H,2,16-17H2,1H3,(H,25,27)(H,26,28). The van der Waals surface area contributed by atoms with E-state index in [1.165, 1.54) is 0 Å². The number of benzene rings is 3. The summed E-state index contributed by atoms with van der Waals surface area (Å²) in [6.45, 7) is 3.16. The first-order valence-electron chi connectivity index (χ1n) is 9.62. The van der Waals surface area contributed by atoms with Gasteiger partial charge in [0.15, 0.2) is 0 Å². The number of hydrogen-bond acceptors (Lipinski definition) is 3. The van der Waals surface area contributed by atoms with Gasteiger partial charge in [0, 0.05) is 23.4 Å². The maximum Gasteiger partial charge on any atom is 0.255 e. The zero-order valence-corrected chi connectivity index (χ0v) is 16.4. The van der Waals surface area contributed by atoms with Gasteiger partial charge in [0.2, 0.25) is 0 Å². The molecule has 0 aromatic heterocycles. The van der Waals surface area contributed by atoms with Gasteiger partial charge < -0.3 is 15.4 Å². The van der Waals surface area contributed by atoms with Crippen molar-refractivity contribution in [1.29, 1.82) is 0 Å². The molecular weight excluding hydrogens is 364 g/mol. The largest absolute Gasteiger partial charge is 0.494 e. The second-order valence-corrected chi connectivity index (χ2v) is 6.57. The van der Waals surface area contributed by atoms with E-state index >= 15 is 0 Å². The van der Waals surface area contributed by atoms with Crippen LogP contribution in [0.1, 0.15) is 39.6 Å². The molecule has 2 amide bonds. The lowest BCUT2D eigenvalue weighted by Crippen LogP contribution is -2.22. The molecule has 0 saturated carbocycles. The van der Waals surface area contributed by atoms with Crippen molar-refractivity contribution in [3.8, 4) is 5.75 Å². The third-order valence-corrected chi connectivity index (χ3v) is 4.29. The number of carbonyl (C=O) groups is 2. The molecule has 2 N–H and O–H groups in total. The van der Waals surface area contributed by atoms with Crippen molar-refractivity contribution < 1.29 is 14.3 Å². The van der Waals surface area contributed by atoms with Crippen LogP contribution in [0.5, 0.6) is 5.75 Å². The van der Waals surface area contributed by atoms with E-state index in [2.05, 4.69) is 10.6 Å². The molecule has 0 atom stereocenters. The van der Waals surface area contributed by atoms with Crippen LogP contribution in [-0.4, -0.2) is 18.4 Å². The molecule has 0 radical (unpaired) electrons. The maximum atomic E-state index is 12.4. The average molecular weight is 388 g/mol. The van der Waals surface area contributed by atoms with E-state index in [0.29, 0.717) is 30.0 Å². The summed E-state index contributed by atoms with van der Waals surface area (Å²) in [6, 6.07) is 23.6. The number of rotatable bonds is 8. The molecule has 3 aromatic carbocycles. The van der Waals surface area contributed by atoms with Gasteiger partial charge in [0.1, 0.15) is 5.75 Å². The van der Waals surface area contributed by atoms with E-state index in [1.54, 1.807) is 48.5 Å². The molecule has 3 rings (SSSR count). The summed E-state index contributed by atoms with van der Waals surface area (Å²) in [5.41, 5.74) is 2.74. The van der Waals surface area contributed by atoms with Crippen LogP contribution < -0.4 is 15.4 Å². The molecule has 0 bridgehead atoms. The minimum atomic E-state index is -0.215. The Labute approximate surface area is 170 Å². The van der Waals surface area contributed by atoms with Gasteiger partial charge in [0.05, 0.1) is 6.61 Å². The Hall–Kier alpha value is -3.60. The van der Waals surface area contributed by atoms with Crippen LogP contribution in [0, 0.1) is 0 Å². The van der Waals surface area contributed by atoms with Gasteiger partial charge in [-0.1, -0.05) is 37.3 Å². The predicted molar refractivity (Wildman–Crippen MR) is 114 cm³/mol. The van der Waals surface area contributed by atoms with Crippen LogP contribution in [0.15, 0.2) is 78.9 Å². The van der Waals surface area contributed by atoms with Crippen molar-refractivity contribution in [3.05, 3.63) is 95.6 Å². The number of hydrogen-bond donors (Lipinski definition) is 2. The lowest BCUT2D eigenvalue weighted by atomic mass is 10.1. The Morgan fingerprint density at radius 1 is 0.793 bits per heavy atom. The summed E-state index contributed by atoms with van der Waals surface area (Å²) in [5.74, 6) is 0.372. The first-order valence-corrected chi connectivity index (χ1v) is 9.62. The molecule has 0 aliphatic heterocycles. The van der Waals surface area contributed by atoms with Crippen molar-refractivity contribution in [1.82, 2.24) is 5.32 Å². The predicted octanol–water partition coefficient (Wildman–Crippen LogP) is 4.66. The van der Waals surface area contributed by atoms with E-state index < -0.39 is 0 Å². The molecule has 3 aromatic rings. The molecule has 0 heterocycles. The lowest BCUT2D eigenvalue weighted by Gasteiger charge is -2.09. The van der Waals surface area contributed by atoms with Crippen LogP contribution in [0.2, 0.25) is 0 Å². The van der Waals surface area contributed by atoms with E-state index in [0.717, 1.165) is 17.7 Å². The zero-order chi connectivity index (χ0) is 20.5. The molecule has 0 unspecified atom stereocenters. The Morgan fingerprint density at radius 2 is 1.41 bits per heavy atom. The fourth-order valence-electron chi connectivity index (χ4n) is 2.71. The van der Waals surface area contributed by atoms with Crippen molar-refractivity contribution in [3.63, 3.8) is 0 Å². The van der Waals surface area contributed by atoms with Crippen LogP contribution >= 0.6 is 0 Å². The summed E-state index contributed by atoms with van der Waals surface area (Å²) in [5, 5.41) is 5.72. The molecule has 0 saturated heterocycles. The monoisotopic (exact) mass is 388 g/mol. The van der Waals surface area contributed by atoms with Gasteiger partial charge in [-0.3, -0.25) is 9.59 Å². The van der Waals surface area contributed by atoms with Gasteiger partial charge in [-0.15, -0.1) is 0 Å². The van der Waals surface area contributed by atoms with Crippen molar-refractivity contribution in [2.45, 2.75) is 19.9 Å². The SMILES string of the molecule is CCCOc1ccc(C(=O)Nc2ccc(C(=O)NCc3ccccc3)cc2)cc1. The third-order valence-electron chi connectivity index (χ3n) is 4.29. The van der Waals surface area contributed by atoms with Crippen LogP contribution in [0.3, 0.4) is 0 Å². The van der Waals surface area contributed by atoms with E-state index in [1.807, 2.05) is 37.3 Å². The Kier molecular flexibility index (Phi) is 7.00. The first-order chi connectivity index (χ1) is 14.2. The Morgan fingerprint density at radius 3 is 2.07 bits per heavy atom. The molecule has 5 nitrogen and oxygen atoms in total. The summed E-state index contributed by atoms with van der Waals surface area (Å²) >= 11 is 0. The fourth-order valence-corrected chi connectivity index (χ4v) is 2.71. The zero-order valence-electron chi connectivity index (χ0n) is 16.4. The van der Waals surface area contributed by atoms with Crippen molar-refractivity contribution in [2.24, 2.45) is 0 Å². The maximum absolute atomic E-state index is 12.4. The highest BCUT2D eigenvalue weighted by atomic mass is 16.5. The molecule has 0 fully saturated rings. The first kappa shape index (κ1) is 20.1. The quantitative estimate of drug-likeness (QED) is 0.590. The minimum Gasteiger partial charge on any atom is -0.494 e. The van der Waals surface area contributed by atoms with E-state index in [9.17, 15) is 9.59 Å². The molecular formula is C24H24N2O3. The minimum absolute atomic E-state index is 0.158. The van der Waals surface area contributed by atoms with Gasteiger partial charge in [0.25, 0.3) is 11.8 Å². The number of anilines is 1. The smallest absolute Gasteiger partial charge is 0.255 e. The van der Waals surface area contributed by atoms with Crippen molar-refractivity contribution in [2.75, 3.05) is 11.9 Å². The molecule has 148 valence electrons. The summed E-state index contributed by atoms with van der Waals surface area (Å²) < 4.78 is 5.52. The number of ether oxygens (including phenoxy) is 1. The number of carbonyl (C=O) groups excluding carboxylic acids is 2. The van der Waals surface area contributed by atoms with E-state index in [4.69, 9.17) is 4.74 Å². The highest BCUT2D eigenvalue weighted by molar-refractivity contribution is 6.04. The number of nitrogens with one attached hydrogen (secondary N) is 2. The summed E-state index contributed by atoms with van der Waals surface area (Å²) in [4.78, 5) is 24.7. The van der Waals surface area contributed by atoms with Gasteiger partial charge in [-0.25, -0.2) is 0 Å². The molecule has 5 heteroatoms. The van der Waals surface area contributed by atoms with Gasteiger partial charge >= 0.3 is 0 Å². The van der Waals surface area contributed by atoms with Crippen LogP contribution in [0.25, 0.3) is 0 Å². The van der Waals surface area contributed by atoms with Crippen molar-refractivity contribution >= 4 is 17.5 Å². The van der Waals surface area contributed by atoms with Crippen LogP contribution in [-0.2, 0) is 6.54 Å². The molecule has 0 spiro atoms. The summed E-state index contributed by atoms with van der Waals surface area (Å²) in [7, 11) is 0. The van der Waals surface area contributed by atoms with Crippen LogP contribution in [0.4, 0.5) is 5.69 Å². The summed E-state index contributed by atoms with van der Waals surface area (Å²) in [6.07, 6.45) is 0.933. The highest BCUT2D eigenvalue weighted by Gasteiger charge is 2.09. The second kappa shape index (κ2) is 10.1. The second-order valence-electron chi connectivity index (χ2n) is 6.57. The lowest BCUT2D eigenvalue weighted by molar-refractivity contribution is 0.0950. The third kappa shape index (κ3) is 5.94. The number of amides is 2. The molecule has 0 aliphatic carbocycles. The van der Waals surface area contributed by atoms with E-state index in [-0.39, 0.29) is 11.8 Å². The Balaban J connectivity index is 1.54. The highest BCUT2D eigenvalue weighted by Crippen LogP contribution is 2.15. The van der Waals surface area contributed by atoms with Gasteiger partial charge in [-0.05, 0) is 60.5 Å². The fraction of sp³-hybridized carbons (Fsp3) is 0.167. The topological polar surface area (TPSA) is 67.4 Å². The average Bonchev–Trinajstić information content (AvgIpc) is 2.77. The Bertz CT molecular complexity index is 936.